The normalized spacial score (nSPS) is 12.7. The van der Waals surface area contributed by atoms with Gasteiger partial charge in [-0.05, 0) is 19.8 Å². The van der Waals surface area contributed by atoms with Crippen LogP contribution in [0.4, 0.5) is 4.79 Å². The maximum Gasteiger partial charge on any atom is 0.407 e. The van der Waals surface area contributed by atoms with Gasteiger partial charge in [-0.15, -0.1) is 0 Å². The zero-order valence-electron chi connectivity index (χ0n) is 35.2. The first-order valence-electron chi connectivity index (χ1n) is 23.0. The Kier molecular flexibility index (Phi) is 43.7. The summed E-state index contributed by atoms with van der Waals surface area (Å²) in [7, 11) is 0. The monoisotopic (exact) mass is 742 g/mol. The third-order valence-electron chi connectivity index (χ3n) is 10.2. The number of aliphatic hydroxyl groups excluding tert-OH is 1. The standard InChI is InChI=1S/C45H91NO6/c1-4-6-8-10-12-14-16-18-20-22-24-26-28-30-32-34-37-49-41-44(42-52-45(48)46-36-39-50-43(3)40-47)51-38-35-33-31-29-27-25-23-21-19-17-15-13-11-9-7-5-2/h43-44,47H,4-42H2,1-3H3,(H,46,48). The van der Waals surface area contributed by atoms with Crippen LogP contribution in [-0.4, -0.2) is 69.6 Å². The molecule has 52 heavy (non-hydrogen) atoms. The summed E-state index contributed by atoms with van der Waals surface area (Å²) in [5.74, 6) is 0. The molecule has 312 valence electrons. The zero-order chi connectivity index (χ0) is 37.8. The van der Waals surface area contributed by atoms with E-state index < -0.39 is 6.09 Å². The molecule has 0 fully saturated rings. The SMILES string of the molecule is CCCCCCCCCCCCCCCCCCOCC(COC(=O)NCCOC(C)CO)OCCCCCCCCCCCCCCCCCC. The number of amides is 1. The lowest BCUT2D eigenvalue weighted by Gasteiger charge is -2.18. The third kappa shape index (κ3) is 41.9. The molecule has 0 aromatic heterocycles. The van der Waals surface area contributed by atoms with Crippen LogP contribution in [0.1, 0.15) is 226 Å². The minimum absolute atomic E-state index is 0.0394. The molecule has 0 radical (unpaired) electrons. The molecule has 0 heterocycles. The molecule has 0 aromatic rings. The van der Waals surface area contributed by atoms with Gasteiger partial charge in [0.15, 0.2) is 0 Å². The number of nitrogens with one attached hydrogen (secondary N) is 1. The average molecular weight is 742 g/mol. The largest absolute Gasteiger partial charge is 0.447 e. The number of unbranched alkanes of at least 4 members (excludes halogenated alkanes) is 30. The molecular weight excluding hydrogens is 650 g/mol. The first kappa shape index (κ1) is 51.1. The molecule has 1 amide bonds. The molecule has 0 aromatic carbocycles. The Balaban J connectivity index is 3.95. The van der Waals surface area contributed by atoms with E-state index in [9.17, 15) is 4.79 Å². The zero-order valence-corrected chi connectivity index (χ0v) is 35.2. The minimum atomic E-state index is -0.478. The van der Waals surface area contributed by atoms with E-state index in [0.717, 1.165) is 19.4 Å². The van der Waals surface area contributed by atoms with Gasteiger partial charge in [-0.1, -0.05) is 206 Å². The summed E-state index contributed by atoms with van der Waals surface area (Å²) in [6, 6.07) is 0. The van der Waals surface area contributed by atoms with Crippen molar-refractivity contribution >= 4 is 6.09 Å². The Morgan fingerprint density at radius 2 is 0.846 bits per heavy atom. The van der Waals surface area contributed by atoms with Gasteiger partial charge in [0, 0.05) is 19.8 Å². The van der Waals surface area contributed by atoms with E-state index in [1.807, 2.05) is 0 Å². The van der Waals surface area contributed by atoms with Crippen molar-refractivity contribution in [1.82, 2.24) is 5.32 Å². The van der Waals surface area contributed by atoms with Crippen molar-refractivity contribution < 1.29 is 28.8 Å². The molecule has 0 bridgehead atoms. The maximum atomic E-state index is 12.2. The smallest absolute Gasteiger partial charge is 0.407 e. The Morgan fingerprint density at radius 1 is 0.481 bits per heavy atom. The fraction of sp³-hybridized carbons (Fsp3) is 0.978. The number of rotatable bonds is 44. The van der Waals surface area contributed by atoms with Gasteiger partial charge in [0.1, 0.15) is 12.7 Å². The summed E-state index contributed by atoms with van der Waals surface area (Å²) >= 11 is 0. The summed E-state index contributed by atoms with van der Waals surface area (Å²) in [4.78, 5) is 12.2. The number of carbonyl (C=O) groups is 1. The van der Waals surface area contributed by atoms with Gasteiger partial charge in [-0.3, -0.25) is 0 Å². The second-order valence-electron chi connectivity index (χ2n) is 15.6. The van der Waals surface area contributed by atoms with Crippen LogP contribution >= 0.6 is 0 Å². The molecule has 7 heteroatoms. The first-order valence-corrected chi connectivity index (χ1v) is 23.0. The van der Waals surface area contributed by atoms with Crippen molar-refractivity contribution in [2.24, 2.45) is 0 Å². The number of hydrogen-bond donors (Lipinski definition) is 2. The molecule has 0 saturated carbocycles. The van der Waals surface area contributed by atoms with E-state index >= 15 is 0 Å². The average Bonchev–Trinajstić information content (AvgIpc) is 3.15. The highest BCUT2D eigenvalue weighted by Crippen LogP contribution is 2.15. The molecule has 2 atom stereocenters. The summed E-state index contributed by atoms with van der Waals surface area (Å²) in [5.41, 5.74) is 0. The molecule has 0 spiro atoms. The van der Waals surface area contributed by atoms with Crippen molar-refractivity contribution in [3.8, 4) is 0 Å². The molecule has 2 N–H and O–H groups in total. The van der Waals surface area contributed by atoms with Crippen LogP contribution in [0.2, 0.25) is 0 Å². The maximum absolute atomic E-state index is 12.2. The van der Waals surface area contributed by atoms with Crippen LogP contribution in [0.3, 0.4) is 0 Å². The number of ether oxygens (including phenoxy) is 4. The second-order valence-corrected chi connectivity index (χ2v) is 15.6. The van der Waals surface area contributed by atoms with E-state index in [1.165, 1.54) is 193 Å². The van der Waals surface area contributed by atoms with Gasteiger partial charge in [-0.2, -0.15) is 0 Å². The molecule has 2 unspecified atom stereocenters. The van der Waals surface area contributed by atoms with Crippen LogP contribution in [0.25, 0.3) is 0 Å². The molecule has 0 saturated heterocycles. The Labute approximate surface area is 324 Å². The van der Waals surface area contributed by atoms with Crippen LogP contribution in [-0.2, 0) is 18.9 Å². The number of hydrogen-bond acceptors (Lipinski definition) is 6. The fourth-order valence-electron chi connectivity index (χ4n) is 6.70. The van der Waals surface area contributed by atoms with Crippen LogP contribution in [0.5, 0.6) is 0 Å². The van der Waals surface area contributed by atoms with Crippen molar-refractivity contribution in [3.05, 3.63) is 0 Å². The number of alkyl carbamates (subject to hydrolysis) is 1. The Hall–Kier alpha value is -0.890. The molecule has 7 nitrogen and oxygen atoms in total. The first-order chi connectivity index (χ1) is 25.6. The van der Waals surface area contributed by atoms with Crippen molar-refractivity contribution in [1.29, 1.82) is 0 Å². The van der Waals surface area contributed by atoms with Gasteiger partial charge < -0.3 is 29.4 Å². The molecular formula is C45H91NO6. The predicted molar refractivity (Wildman–Crippen MR) is 222 cm³/mol. The Morgan fingerprint density at radius 3 is 1.23 bits per heavy atom. The van der Waals surface area contributed by atoms with Gasteiger partial charge >= 0.3 is 6.09 Å². The van der Waals surface area contributed by atoms with Gasteiger partial charge in [-0.25, -0.2) is 4.79 Å². The van der Waals surface area contributed by atoms with Gasteiger partial charge in [0.2, 0.25) is 0 Å². The number of aliphatic hydroxyl groups is 1. The quantitative estimate of drug-likeness (QED) is 0.0605. The van der Waals surface area contributed by atoms with E-state index in [-0.39, 0.29) is 25.4 Å². The van der Waals surface area contributed by atoms with Gasteiger partial charge in [0.25, 0.3) is 0 Å². The fourth-order valence-corrected chi connectivity index (χ4v) is 6.70. The van der Waals surface area contributed by atoms with Crippen LogP contribution in [0.15, 0.2) is 0 Å². The Bertz CT molecular complexity index is 680. The second kappa shape index (κ2) is 44.5. The van der Waals surface area contributed by atoms with Crippen LogP contribution < -0.4 is 5.32 Å². The highest BCUT2D eigenvalue weighted by Gasteiger charge is 2.13. The lowest BCUT2D eigenvalue weighted by Crippen LogP contribution is -2.34. The highest BCUT2D eigenvalue weighted by molar-refractivity contribution is 5.67. The van der Waals surface area contributed by atoms with E-state index in [4.69, 9.17) is 24.1 Å². The number of carbonyl (C=O) groups excluding carboxylic acids is 1. The predicted octanol–water partition coefficient (Wildman–Crippen LogP) is 13.0. The summed E-state index contributed by atoms with van der Waals surface area (Å²) in [5, 5.41) is 11.8. The van der Waals surface area contributed by atoms with E-state index in [0.29, 0.717) is 26.4 Å². The summed E-state index contributed by atoms with van der Waals surface area (Å²) in [6.45, 7) is 9.01. The molecule has 0 aliphatic carbocycles. The summed E-state index contributed by atoms with van der Waals surface area (Å²) in [6.07, 6.45) is 42.4. The van der Waals surface area contributed by atoms with Gasteiger partial charge in [0.05, 0.1) is 25.9 Å². The van der Waals surface area contributed by atoms with Crippen molar-refractivity contribution in [3.63, 3.8) is 0 Å². The minimum Gasteiger partial charge on any atom is -0.447 e. The van der Waals surface area contributed by atoms with Crippen LogP contribution in [0, 0.1) is 0 Å². The highest BCUT2D eigenvalue weighted by atomic mass is 16.6. The van der Waals surface area contributed by atoms with E-state index in [1.54, 1.807) is 6.92 Å². The topological polar surface area (TPSA) is 86.3 Å². The third-order valence-corrected chi connectivity index (χ3v) is 10.2. The van der Waals surface area contributed by atoms with E-state index in [2.05, 4.69) is 19.2 Å². The molecule has 0 aliphatic heterocycles. The lowest BCUT2D eigenvalue weighted by molar-refractivity contribution is -0.0471. The van der Waals surface area contributed by atoms with Crippen molar-refractivity contribution in [2.75, 3.05) is 46.2 Å². The molecule has 0 aliphatic rings. The molecule has 0 rings (SSSR count). The van der Waals surface area contributed by atoms with Crippen molar-refractivity contribution in [2.45, 2.75) is 238 Å². The summed E-state index contributed by atoms with van der Waals surface area (Å²) < 4.78 is 23.0. The lowest BCUT2D eigenvalue weighted by atomic mass is 10.0.